The van der Waals surface area contributed by atoms with Crippen LogP contribution in [-0.2, 0) is 9.53 Å². The maximum Gasteiger partial charge on any atom is 0.136 e. The van der Waals surface area contributed by atoms with Crippen LogP contribution in [0.2, 0.25) is 0 Å². The normalized spacial score (nSPS) is 62.0. The van der Waals surface area contributed by atoms with E-state index in [1.807, 2.05) is 6.92 Å². The lowest BCUT2D eigenvalue weighted by atomic mass is 9.42. The summed E-state index contributed by atoms with van der Waals surface area (Å²) in [5, 5.41) is 10.4. The van der Waals surface area contributed by atoms with Crippen LogP contribution in [-0.4, -0.2) is 28.7 Å². The monoisotopic (exact) mass is 386 g/mol. The summed E-state index contributed by atoms with van der Waals surface area (Å²) in [5.41, 5.74) is 0.371. The van der Waals surface area contributed by atoms with Crippen molar-refractivity contribution in [2.45, 2.75) is 109 Å². The lowest BCUT2D eigenvalue weighted by Crippen LogP contribution is -2.60. The predicted molar refractivity (Wildman–Crippen MR) is 108 cm³/mol. The topological polar surface area (TPSA) is 49.8 Å². The Labute approximate surface area is 170 Å². The first-order valence-corrected chi connectivity index (χ1v) is 12.2. The Morgan fingerprint density at radius 3 is 2.54 bits per heavy atom. The molecular weight excluding hydrogens is 348 g/mol. The molecule has 3 heteroatoms. The molecule has 0 aromatic carbocycles. The van der Waals surface area contributed by atoms with Crippen molar-refractivity contribution in [2.24, 2.45) is 39.9 Å². The molecule has 3 nitrogen and oxygen atoms in total. The molecule has 1 saturated heterocycles. The van der Waals surface area contributed by atoms with E-state index >= 15 is 0 Å². The van der Waals surface area contributed by atoms with E-state index in [-0.39, 0.29) is 27.9 Å². The van der Waals surface area contributed by atoms with Crippen molar-refractivity contribution >= 4 is 5.78 Å². The van der Waals surface area contributed by atoms with Crippen molar-refractivity contribution in [3.8, 4) is 0 Å². The van der Waals surface area contributed by atoms with Crippen LogP contribution >= 0.6 is 0 Å². The number of aliphatic hydroxyl groups excluding tert-OH is 1. The van der Waals surface area contributed by atoms with Gasteiger partial charge in [-0.2, -0.15) is 0 Å². The molecule has 5 saturated carbocycles. The molecule has 0 radical (unpaired) electrons. The minimum absolute atomic E-state index is 0.0246. The zero-order valence-electron chi connectivity index (χ0n) is 18.0. The van der Waals surface area contributed by atoms with Crippen LogP contribution in [0.15, 0.2) is 0 Å². The van der Waals surface area contributed by atoms with Crippen LogP contribution in [0, 0.1) is 39.9 Å². The van der Waals surface area contributed by atoms with Gasteiger partial charge in [-0.25, -0.2) is 0 Å². The van der Waals surface area contributed by atoms with E-state index in [1.165, 1.54) is 44.9 Å². The lowest BCUT2D eigenvalue weighted by Gasteiger charge is -2.61. The number of aliphatic hydroxyl groups is 1. The Kier molecular flexibility index (Phi) is 3.57. The summed E-state index contributed by atoms with van der Waals surface area (Å²) in [6, 6.07) is 0. The molecule has 28 heavy (non-hydrogen) atoms. The first kappa shape index (κ1) is 18.4. The molecule has 1 spiro atoms. The summed E-state index contributed by atoms with van der Waals surface area (Å²) in [6.07, 6.45) is 13.1. The molecule has 1 heterocycles. The van der Waals surface area contributed by atoms with Crippen molar-refractivity contribution in [2.75, 3.05) is 0 Å². The van der Waals surface area contributed by atoms with E-state index in [1.54, 1.807) is 0 Å². The Morgan fingerprint density at radius 2 is 1.75 bits per heavy atom. The van der Waals surface area contributed by atoms with E-state index in [0.717, 1.165) is 37.5 Å². The number of epoxide rings is 1. The van der Waals surface area contributed by atoms with Gasteiger partial charge in [0.05, 0.1) is 12.2 Å². The Balaban J connectivity index is 1.40. The van der Waals surface area contributed by atoms with E-state index in [4.69, 9.17) is 4.74 Å². The molecule has 5 aliphatic carbocycles. The Hall–Kier alpha value is -0.410. The fourth-order valence-electron chi connectivity index (χ4n) is 10.5. The third-order valence-corrected chi connectivity index (χ3v) is 11.7. The van der Waals surface area contributed by atoms with Crippen molar-refractivity contribution in [3.05, 3.63) is 0 Å². The summed E-state index contributed by atoms with van der Waals surface area (Å²) >= 11 is 0. The smallest absolute Gasteiger partial charge is 0.136 e. The van der Waals surface area contributed by atoms with E-state index in [9.17, 15) is 9.90 Å². The Morgan fingerprint density at radius 1 is 0.964 bits per heavy atom. The highest BCUT2D eigenvalue weighted by Crippen LogP contribution is 2.77. The second kappa shape index (κ2) is 5.44. The number of hydrogen-bond acceptors (Lipinski definition) is 3. The largest absolute Gasteiger partial charge is 0.393 e. The van der Waals surface area contributed by atoms with Gasteiger partial charge in [-0.1, -0.05) is 26.7 Å². The Bertz CT molecular complexity index is 719. The molecule has 10 atom stereocenters. The minimum Gasteiger partial charge on any atom is -0.393 e. The van der Waals surface area contributed by atoms with Crippen LogP contribution in [0.1, 0.15) is 91.4 Å². The minimum atomic E-state index is -0.168. The first-order chi connectivity index (χ1) is 13.3. The molecule has 1 N–H and O–H groups in total. The number of fused-ring (bicyclic) bond motifs is 6. The molecule has 0 aromatic rings. The zero-order chi connectivity index (χ0) is 19.5. The number of ether oxygens (including phenoxy) is 1. The van der Waals surface area contributed by atoms with Gasteiger partial charge in [-0.3, -0.25) is 4.79 Å². The van der Waals surface area contributed by atoms with E-state index in [2.05, 4.69) is 13.8 Å². The first-order valence-electron chi connectivity index (χ1n) is 12.2. The summed E-state index contributed by atoms with van der Waals surface area (Å²) in [5.74, 6) is 3.27. The number of rotatable bonds is 1. The van der Waals surface area contributed by atoms with Gasteiger partial charge in [0, 0.05) is 17.3 Å². The fourth-order valence-corrected chi connectivity index (χ4v) is 10.5. The average molecular weight is 387 g/mol. The van der Waals surface area contributed by atoms with E-state index in [0.29, 0.717) is 23.7 Å². The number of ketones is 1. The molecule has 6 fully saturated rings. The molecule has 1 aliphatic heterocycles. The number of carbonyl (C=O) groups is 1. The maximum atomic E-state index is 13.2. The summed E-state index contributed by atoms with van der Waals surface area (Å²) in [7, 11) is 0. The average Bonchev–Trinajstić information content (AvgIpc) is 3.27. The van der Waals surface area contributed by atoms with Crippen LogP contribution in [0.25, 0.3) is 0 Å². The van der Waals surface area contributed by atoms with Gasteiger partial charge in [0.25, 0.3) is 0 Å². The number of carbonyl (C=O) groups excluding carboxylic acids is 1. The van der Waals surface area contributed by atoms with Crippen molar-refractivity contribution in [1.82, 2.24) is 0 Å². The molecule has 156 valence electrons. The van der Waals surface area contributed by atoms with Gasteiger partial charge in [0.15, 0.2) is 0 Å². The molecular formula is C25H38O3. The molecule has 0 bridgehead atoms. The van der Waals surface area contributed by atoms with Gasteiger partial charge in [0.2, 0.25) is 0 Å². The standard InChI is InChI=1S/C25H38O3/c1-15(26)24-9-5-4-6-16(24)12-20-18-13-21-25(28-21)14-17(27)7-10-23(25,3)19(18)8-11-22(20,24)2/h16-21,27H,4-14H2,1-3H3/t16-,17-,18+,19-,20-,21-,22-,23+,24-,25-/m0/s1. The van der Waals surface area contributed by atoms with Crippen molar-refractivity contribution in [1.29, 1.82) is 0 Å². The highest BCUT2D eigenvalue weighted by Gasteiger charge is 2.77. The van der Waals surface area contributed by atoms with Crippen LogP contribution < -0.4 is 0 Å². The summed E-state index contributed by atoms with van der Waals surface area (Å²) in [4.78, 5) is 13.2. The SMILES string of the molecule is CC(=O)[C@@]12CCCC[C@H]1C[C@H]1[C@@H]3C[C@@H]4O[C@@]45C[C@@H](O)CC[C@]5(C)[C@H]3CC[C@@]12C. The maximum absolute atomic E-state index is 13.2. The van der Waals surface area contributed by atoms with Crippen LogP contribution in [0.4, 0.5) is 0 Å². The fraction of sp³-hybridized carbons (Fsp3) is 0.960. The summed E-state index contributed by atoms with van der Waals surface area (Å²) in [6.45, 7) is 6.93. The highest BCUT2D eigenvalue weighted by atomic mass is 16.6. The molecule has 0 aromatic heterocycles. The van der Waals surface area contributed by atoms with Gasteiger partial charge in [0.1, 0.15) is 11.4 Å². The molecule has 0 amide bonds. The molecule has 0 unspecified atom stereocenters. The van der Waals surface area contributed by atoms with Gasteiger partial charge < -0.3 is 9.84 Å². The second-order valence-electron chi connectivity index (χ2n) is 12.1. The highest BCUT2D eigenvalue weighted by molar-refractivity contribution is 5.84. The quantitative estimate of drug-likeness (QED) is 0.652. The third kappa shape index (κ3) is 1.84. The number of Topliss-reactive ketones (excluding diaryl/α,β-unsaturated/α-hetero) is 1. The second-order valence-corrected chi connectivity index (χ2v) is 12.1. The lowest BCUT2D eigenvalue weighted by molar-refractivity contribution is -0.154. The third-order valence-electron chi connectivity index (χ3n) is 11.7. The molecule has 6 aliphatic rings. The van der Waals surface area contributed by atoms with Gasteiger partial charge >= 0.3 is 0 Å². The van der Waals surface area contributed by atoms with Crippen molar-refractivity contribution < 1.29 is 14.6 Å². The summed E-state index contributed by atoms with van der Waals surface area (Å²) < 4.78 is 6.48. The van der Waals surface area contributed by atoms with Crippen LogP contribution in [0.5, 0.6) is 0 Å². The van der Waals surface area contributed by atoms with Gasteiger partial charge in [-0.05, 0) is 87.4 Å². The van der Waals surface area contributed by atoms with Crippen LogP contribution in [0.3, 0.4) is 0 Å². The van der Waals surface area contributed by atoms with Gasteiger partial charge in [-0.15, -0.1) is 0 Å². The molecule has 6 rings (SSSR count). The van der Waals surface area contributed by atoms with Crippen molar-refractivity contribution in [3.63, 3.8) is 0 Å². The predicted octanol–water partition coefficient (Wildman–Crippen LogP) is 4.90. The zero-order valence-corrected chi connectivity index (χ0v) is 18.0. The number of hydrogen-bond donors (Lipinski definition) is 1. The van der Waals surface area contributed by atoms with E-state index < -0.39 is 0 Å².